The smallest absolute Gasteiger partial charge is 0.249 e. The molecule has 1 aromatic heterocycles. The molecule has 5 heteroatoms. The molecule has 1 amide bonds. The first kappa shape index (κ1) is 15.7. The minimum Gasteiger partial charge on any atom is -0.368 e. The minimum absolute atomic E-state index is 0.0480. The molecule has 1 heterocycles. The Bertz CT molecular complexity index is 618. The normalized spacial score (nSPS) is 15.3. The molecule has 1 saturated carbocycles. The first-order valence-electron chi connectivity index (χ1n) is 8.13. The van der Waals surface area contributed by atoms with E-state index in [1.165, 1.54) is 18.4 Å². The second-order valence-corrected chi connectivity index (χ2v) is 6.19. The Morgan fingerprint density at radius 3 is 2.74 bits per heavy atom. The largest absolute Gasteiger partial charge is 0.368 e. The number of rotatable bonds is 8. The highest BCUT2D eigenvalue weighted by Gasteiger charge is 2.23. The maximum absolute atomic E-state index is 12.0. The highest BCUT2D eigenvalue weighted by Crippen LogP contribution is 2.29. The fourth-order valence-corrected chi connectivity index (χ4v) is 2.33. The van der Waals surface area contributed by atoms with E-state index in [1.54, 1.807) is 12.5 Å². The summed E-state index contributed by atoms with van der Waals surface area (Å²) in [6, 6.07) is 8.24. The van der Waals surface area contributed by atoms with Gasteiger partial charge >= 0.3 is 0 Å². The van der Waals surface area contributed by atoms with Crippen LogP contribution in [-0.4, -0.2) is 28.2 Å². The molecule has 23 heavy (non-hydrogen) atoms. The van der Waals surface area contributed by atoms with Crippen molar-refractivity contribution in [2.24, 2.45) is 5.92 Å². The summed E-state index contributed by atoms with van der Waals surface area (Å²) in [6.45, 7) is 3.85. The molecule has 122 valence electrons. The number of aromatic nitrogens is 2. The van der Waals surface area contributed by atoms with E-state index in [-0.39, 0.29) is 12.0 Å². The molecule has 1 aromatic carbocycles. The number of nitrogens with one attached hydrogen (secondary N) is 1. The number of hydrogen-bond donors (Lipinski definition) is 1. The third-order valence-electron chi connectivity index (χ3n) is 4.06. The topological polar surface area (TPSA) is 56.1 Å². The van der Waals surface area contributed by atoms with Crippen molar-refractivity contribution in [2.45, 2.75) is 39.0 Å². The predicted molar refractivity (Wildman–Crippen MR) is 87.8 cm³/mol. The average Bonchev–Trinajstić information content (AvgIpc) is 3.27. The van der Waals surface area contributed by atoms with Crippen LogP contribution in [-0.2, 0) is 22.6 Å². The number of hydrogen-bond acceptors (Lipinski definition) is 3. The van der Waals surface area contributed by atoms with Crippen molar-refractivity contribution in [1.29, 1.82) is 0 Å². The summed E-state index contributed by atoms with van der Waals surface area (Å²) in [5, 5.41) is 2.93. The van der Waals surface area contributed by atoms with Crippen LogP contribution in [0.1, 0.15) is 30.9 Å². The van der Waals surface area contributed by atoms with Gasteiger partial charge in [0.15, 0.2) is 0 Å². The highest BCUT2D eigenvalue weighted by atomic mass is 16.5. The van der Waals surface area contributed by atoms with E-state index in [0.717, 1.165) is 12.1 Å². The zero-order valence-electron chi connectivity index (χ0n) is 13.4. The molecule has 0 unspecified atom stereocenters. The Labute approximate surface area is 136 Å². The SMILES string of the molecule is C[C@@H](OCC1CC1)C(=O)NCc1ccc(Cn2ccnc2)cc1. The number of ether oxygens (including phenoxy) is 1. The monoisotopic (exact) mass is 313 g/mol. The molecule has 0 radical (unpaired) electrons. The van der Waals surface area contributed by atoms with Crippen molar-refractivity contribution in [3.63, 3.8) is 0 Å². The van der Waals surface area contributed by atoms with Gasteiger partial charge in [-0.15, -0.1) is 0 Å². The van der Waals surface area contributed by atoms with Crippen molar-refractivity contribution in [3.05, 3.63) is 54.1 Å². The number of carbonyl (C=O) groups excluding carboxylic acids is 1. The van der Waals surface area contributed by atoms with Crippen molar-refractivity contribution < 1.29 is 9.53 Å². The van der Waals surface area contributed by atoms with Gasteiger partial charge in [-0.3, -0.25) is 4.79 Å². The molecule has 0 saturated heterocycles. The van der Waals surface area contributed by atoms with Crippen LogP contribution in [0.15, 0.2) is 43.0 Å². The molecule has 1 aliphatic carbocycles. The van der Waals surface area contributed by atoms with E-state index in [9.17, 15) is 4.79 Å². The van der Waals surface area contributed by atoms with Crippen molar-refractivity contribution in [2.75, 3.05) is 6.61 Å². The van der Waals surface area contributed by atoms with E-state index in [1.807, 2.05) is 29.8 Å². The second-order valence-electron chi connectivity index (χ2n) is 6.19. The lowest BCUT2D eigenvalue weighted by Gasteiger charge is -2.13. The van der Waals surface area contributed by atoms with Gasteiger partial charge in [0, 0.05) is 25.5 Å². The van der Waals surface area contributed by atoms with Crippen LogP contribution >= 0.6 is 0 Å². The minimum atomic E-state index is -0.379. The van der Waals surface area contributed by atoms with Crippen LogP contribution in [0.3, 0.4) is 0 Å². The van der Waals surface area contributed by atoms with Crippen LogP contribution in [0.25, 0.3) is 0 Å². The molecular formula is C18H23N3O2. The van der Waals surface area contributed by atoms with Crippen molar-refractivity contribution >= 4 is 5.91 Å². The quantitative estimate of drug-likeness (QED) is 0.814. The van der Waals surface area contributed by atoms with Crippen LogP contribution in [0, 0.1) is 5.92 Å². The molecule has 1 aliphatic rings. The predicted octanol–water partition coefficient (Wildman–Crippen LogP) is 2.36. The Kier molecular flexibility index (Phi) is 5.08. The van der Waals surface area contributed by atoms with Gasteiger partial charge in [-0.05, 0) is 36.8 Å². The average molecular weight is 313 g/mol. The first-order chi connectivity index (χ1) is 11.2. The number of nitrogens with zero attached hydrogens (tertiary/aromatic N) is 2. The summed E-state index contributed by atoms with van der Waals surface area (Å²) >= 11 is 0. The van der Waals surface area contributed by atoms with E-state index >= 15 is 0 Å². The van der Waals surface area contributed by atoms with Gasteiger partial charge in [-0.2, -0.15) is 0 Å². The van der Waals surface area contributed by atoms with Gasteiger partial charge in [0.25, 0.3) is 0 Å². The number of benzene rings is 1. The van der Waals surface area contributed by atoms with Gasteiger partial charge in [0.2, 0.25) is 5.91 Å². The summed E-state index contributed by atoms with van der Waals surface area (Å²) < 4.78 is 7.60. The molecule has 2 aromatic rings. The van der Waals surface area contributed by atoms with Crippen LogP contribution in [0.5, 0.6) is 0 Å². The Morgan fingerprint density at radius 2 is 2.09 bits per heavy atom. The van der Waals surface area contributed by atoms with Gasteiger partial charge in [0.1, 0.15) is 6.10 Å². The van der Waals surface area contributed by atoms with Gasteiger partial charge in [-0.25, -0.2) is 4.98 Å². The summed E-state index contributed by atoms with van der Waals surface area (Å²) in [7, 11) is 0. The molecule has 5 nitrogen and oxygen atoms in total. The standard InChI is InChI=1S/C18H23N3O2/c1-14(23-12-17-6-7-17)18(22)20-10-15-2-4-16(5-3-15)11-21-9-8-19-13-21/h2-5,8-9,13-14,17H,6-7,10-12H2,1H3,(H,20,22)/t14-/m1/s1. The lowest BCUT2D eigenvalue weighted by atomic mass is 10.1. The van der Waals surface area contributed by atoms with E-state index in [2.05, 4.69) is 22.4 Å². The maximum atomic E-state index is 12.0. The van der Waals surface area contributed by atoms with Crippen LogP contribution < -0.4 is 5.32 Å². The molecule has 1 fully saturated rings. The zero-order chi connectivity index (χ0) is 16.1. The maximum Gasteiger partial charge on any atom is 0.249 e. The first-order valence-corrected chi connectivity index (χ1v) is 8.13. The fourth-order valence-electron chi connectivity index (χ4n) is 2.33. The lowest BCUT2D eigenvalue weighted by Crippen LogP contribution is -2.34. The zero-order valence-corrected chi connectivity index (χ0v) is 13.4. The Hall–Kier alpha value is -2.14. The van der Waals surface area contributed by atoms with E-state index < -0.39 is 0 Å². The second kappa shape index (κ2) is 7.42. The highest BCUT2D eigenvalue weighted by molar-refractivity contribution is 5.80. The van der Waals surface area contributed by atoms with Gasteiger partial charge < -0.3 is 14.6 Å². The summed E-state index contributed by atoms with van der Waals surface area (Å²) in [4.78, 5) is 16.0. The molecule has 1 atom stereocenters. The molecular weight excluding hydrogens is 290 g/mol. The van der Waals surface area contributed by atoms with Crippen LogP contribution in [0.4, 0.5) is 0 Å². The summed E-state index contributed by atoms with van der Waals surface area (Å²) in [5.74, 6) is 0.626. The summed E-state index contributed by atoms with van der Waals surface area (Å²) in [6.07, 6.45) is 7.61. The third-order valence-corrected chi connectivity index (χ3v) is 4.06. The van der Waals surface area contributed by atoms with Crippen molar-refractivity contribution in [3.8, 4) is 0 Å². The van der Waals surface area contributed by atoms with Gasteiger partial charge in [0.05, 0.1) is 12.9 Å². The van der Waals surface area contributed by atoms with E-state index in [0.29, 0.717) is 19.1 Å². The number of carbonyl (C=O) groups is 1. The fraction of sp³-hybridized carbons (Fsp3) is 0.444. The number of imidazole rings is 1. The third kappa shape index (κ3) is 4.93. The van der Waals surface area contributed by atoms with E-state index in [4.69, 9.17) is 4.74 Å². The molecule has 3 rings (SSSR count). The lowest BCUT2D eigenvalue weighted by molar-refractivity contribution is -0.132. The Balaban J connectivity index is 1.43. The van der Waals surface area contributed by atoms with Gasteiger partial charge in [-0.1, -0.05) is 24.3 Å². The molecule has 0 aliphatic heterocycles. The summed E-state index contributed by atoms with van der Waals surface area (Å²) in [5.41, 5.74) is 2.29. The van der Waals surface area contributed by atoms with Crippen molar-refractivity contribution in [1.82, 2.24) is 14.9 Å². The van der Waals surface area contributed by atoms with Crippen LogP contribution in [0.2, 0.25) is 0 Å². The molecule has 1 N–H and O–H groups in total. The molecule has 0 spiro atoms. The Morgan fingerprint density at radius 1 is 1.35 bits per heavy atom. The molecule has 0 bridgehead atoms. The number of amides is 1.